The predicted octanol–water partition coefficient (Wildman–Crippen LogP) is 2.34. The Bertz CT molecular complexity index is 465. The van der Waals surface area contributed by atoms with Crippen LogP contribution in [0.2, 0.25) is 0 Å². The van der Waals surface area contributed by atoms with Gasteiger partial charge < -0.3 is 0 Å². The zero-order valence-electron chi connectivity index (χ0n) is 11.2. The molecule has 0 aliphatic heterocycles. The average molecular weight is 260 g/mol. The molecule has 2 rings (SSSR count). The molecule has 1 aromatic rings. The van der Waals surface area contributed by atoms with Crippen LogP contribution >= 0.6 is 0 Å². The maximum atomic E-state index is 11.9. The Morgan fingerprint density at radius 1 is 1.05 bits per heavy atom. The highest BCUT2D eigenvalue weighted by molar-refractivity contribution is 5.96. The van der Waals surface area contributed by atoms with E-state index in [4.69, 9.17) is 0 Å². The largest absolute Gasteiger partial charge is 0.273 e. The minimum atomic E-state index is -0.262. The molecule has 4 nitrogen and oxygen atoms in total. The molecule has 0 atom stereocenters. The monoisotopic (exact) mass is 260 g/mol. The summed E-state index contributed by atoms with van der Waals surface area (Å²) in [5, 5.41) is 0. The minimum absolute atomic E-state index is 0.0471. The van der Waals surface area contributed by atoms with Crippen LogP contribution in [0.4, 0.5) is 0 Å². The van der Waals surface area contributed by atoms with Crippen LogP contribution < -0.4 is 10.9 Å². The first-order chi connectivity index (χ1) is 9.18. The maximum absolute atomic E-state index is 11.9. The summed E-state index contributed by atoms with van der Waals surface area (Å²) in [5.74, 6) is -0.283. The minimum Gasteiger partial charge on any atom is -0.273 e. The summed E-state index contributed by atoms with van der Waals surface area (Å²) in [7, 11) is 0. The van der Waals surface area contributed by atoms with E-state index in [1.165, 1.54) is 6.42 Å². The second kappa shape index (κ2) is 6.36. The quantitative estimate of drug-likeness (QED) is 0.802. The predicted molar refractivity (Wildman–Crippen MR) is 73.4 cm³/mol. The van der Waals surface area contributed by atoms with Gasteiger partial charge in [0.1, 0.15) is 0 Å². The molecule has 1 aromatic carbocycles. The molecule has 0 unspecified atom stereocenters. The van der Waals surface area contributed by atoms with Crippen molar-refractivity contribution in [2.45, 2.75) is 39.0 Å². The van der Waals surface area contributed by atoms with Crippen LogP contribution in [-0.4, -0.2) is 11.8 Å². The molecule has 1 fully saturated rings. The van der Waals surface area contributed by atoms with E-state index < -0.39 is 0 Å². The standard InChI is InChI=1S/C15H20N2O2/c1-11-7-5-6-10-13(11)15(19)17-16-14(18)12-8-3-2-4-9-12/h5-7,10,12H,2-4,8-9H2,1H3,(H,16,18)(H,17,19). The van der Waals surface area contributed by atoms with Crippen molar-refractivity contribution in [1.82, 2.24) is 10.9 Å². The third-order valence-corrected chi connectivity index (χ3v) is 3.66. The molecular weight excluding hydrogens is 240 g/mol. The topological polar surface area (TPSA) is 58.2 Å². The van der Waals surface area contributed by atoms with Crippen molar-refractivity contribution in [3.05, 3.63) is 35.4 Å². The van der Waals surface area contributed by atoms with Crippen LogP contribution in [-0.2, 0) is 4.79 Å². The molecule has 0 spiro atoms. The van der Waals surface area contributed by atoms with E-state index in [9.17, 15) is 9.59 Å². The van der Waals surface area contributed by atoms with Gasteiger partial charge in [-0.15, -0.1) is 0 Å². The van der Waals surface area contributed by atoms with Crippen molar-refractivity contribution in [1.29, 1.82) is 0 Å². The molecular formula is C15H20N2O2. The zero-order chi connectivity index (χ0) is 13.7. The van der Waals surface area contributed by atoms with Crippen LogP contribution in [0.25, 0.3) is 0 Å². The van der Waals surface area contributed by atoms with Gasteiger partial charge >= 0.3 is 0 Å². The first-order valence-electron chi connectivity index (χ1n) is 6.84. The van der Waals surface area contributed by atoms with E-state index in [1.807, 2.05) is 25.1 Å². The van der Waals surface area contributed by atoms with Gasteiger partial charge in [0.2, 0.25) is 5.91 Å². The number of hydrogen-bond acceptors (Lipinski definition) is 2. The van der Waals surface area contributed by atoms with E-state index in [-0.39, 0.29) is 17.7 Å². The zero-order valence-corrected chi connectivity index (χ0v) is 11.2. The lowest BCUT2D eigenvalue weighted by Gasteiger charge is -2.20. The van der Waals surface area contributed by atoms with Crippen LogP contribution in [0.5, 0.6) is 0 Å². The lowest BCUT2D eigenvalue weighted by molar-refractivity contribution is -0.126. The average Bonchev–Trinajstić information content (AvgIpc) is 2.46. The molecule has 1 saturated carbocycles. The second-order valence-corrected chi connectivity index (χ2v) is 5.09. The molecule has 0 heterocycles. The first-order valence-corrected chi connectivity index (χ1v) is 6.84. The van der Waals surface area contributed by atoms with Gasteiger partial charge in [-0.05, 0) is 31.4 Å². The van der Waals surface area contributed by atoms with Crippen LogP contribution in [0, 0.1) is 12.8 Å². The number of benzene rings is 1. The van der Waals surface area contributed by atoms with Crippen molar-refractivity contribution < 1.29 is 9.59 Å². The number of aryl methyl sites for hydroxylation is 1. The van der Waals surface area contributed by atoms with Gasteiger partial charge in [0.05, 0.1) is 0 Å². The third-order valence-electron chi connectivity index (χ3n) is 3.66. The van der Waals surface area contributed by atoms with Crippen molar-refractivity contribution in [3.63, 3.8) is 0 Å². The van der Waals surface area contributed by atoms with Crippen molar-refractivity contribution in [3.8, 4) is 0 Å². The molecule has 2 N–H and O–H groups in total. The molecule has 1 aliphatic rings. The SMILES string of the molecule is Cc1ccccc1C(=O)NNC(=O)C1CCCCC1. The van der Waals surface area contributed by atoms with Gasteiger partial charge in [0.25, 0.3) is 5.91 Å². The molecule has 102 valence electrons. The van der Waals surface area contributed by atoms with E-state index in [2.05, 4.69) is 10.9 Å². The smallest absolute Gasteiger partial charge is 0.269 e. The molecule has 0 radical (unpaired) electrons. The van der Waals surface area contributed by atoms with Gasteiger partial charge in [-0.25, -0.2) is 0 Å². The summed E-state index contributed by atoms with van der Waals surface area (Å²) in [6.07, 6.45) is 5.26. The van der Waals surface area contributed by atoms with Gasteiger partial charge in [-0.3, -0.25) is 20.4 Å². The van der Waals surface area contributed by atoms with Crippen molar-refractivity contribution >= 4 is 11.8 Å². The second-order valence-electron chi connectivity index (χ2n) is 5.09. The summed E-state index contributed by atoms with van der Waals surface area (Å²) >= 11 is 0. The van der Waals surface area contributed by atoms with Gasteiger partial charge in [0, 0.05) is 11.5 Å². The number of hydrogen-bond donors (Lipinski definition) is 2. The van der Waals surface area contributed by atoms with E-state index >= 15 is 0 Å². The van der Waals surface area contributed by atoms with E-state index in [0.717, 1.165) is 31.2 Å². The molecule has 19 heavy (non-hydrogen) atoms. The van der Waals surface area contributed by atoms with Crippen molar-refractivity contribution in [2.75, 3.05) is 0 Å². The highest BCUT2D eigenvalue weighted by Gasteiger charge is 2.21. The van der Waals surface area contributed by atoms with Crippen LogP contribution in [0.3, 0.4) is 0 Å². The number of hydrazine groups is 1. The summed E-state index contributed by atoms with van der Waals surface area (Å²) in [6.45, 7) is 1.87. The summed E-state index contributed by atoms with van der Waals surface area (Å²) < 4.78 is 0. The highest BCUT2D eigenvalue weighted by Crippen LogP contribution is 2.23. The normalized spacial score (nSPS) is 15.8. The van der Waals surface area contributed by atoms with Gasteiger partial charge in [0.15, 0.2) is 0 Å². The molecule has 0 aromatic heterocycles. The Hall–Kier alpha value is -1.84. The first kappa shape index (κ1) is 13.6. The summed E-state index contributed by atoms with van der Waals surface area (Å²) in [4.78, 5) is 23.8. The number of rotatable bonds is 2. The molecule has 0 saturated heterocycles. The van der Waals surface area contributed by atoms with Gasteiger partial charge in [-0.2, -0.15) is 0 Å². The summed E-state index contributed by atoms with van der Waals surface area (Å²) in [6, 6.07) is 7.31. The fourth-order valence-corrected chi connectivity index (χ4v) is 2.48. The number of nitrogens with one attached hydrogen (secondary N) is 2. The number of carbonyl (C=O) groups excluding carboxylic acids is 2. The molecule has 0 bridgehead atoms. The lowest BCUT2D eigenvalue weighted by Crippen LogP contribution is -2.45. The summed E-state index contributed by atoms with van der Waals surface area (Å²) in [5.41, 5.74) is 6.52. The van der Waals surface area contributed by atoms with Crippen molar-refractivity contribution in [2.24, 2.45) is 5.92 Å². The van der Waals surface area contributed by atoms with Crippen LogP contribution in [0.1, 0.15) is 48.0 Å². The fraction of sp³-hybridized carbons (Fsp3) is 0.467. The Kier molecular flexibility index (Phi) is 4.55. The number of carbonyl (C=O) groups is 2. The fourth-order valence-electron chi connectivity index (χ4n) is 2.48. The lowest BCUT2D eigenvalue weighted by atomic mass is 9.89. The number of amides is 2. The maximum Gasteiger partial charge on any atom is 0.269 e. The Morgan fingerprint density at radius 2 is 1.74 bits per heavy atom. The van der Waals surface area contributed by atoms with Crippen LogP contribution in [0.15, 0.2) is 24.3 Å². The Labute approximate surface area is 113 Å². The Balaban J connectivity index is 1.86. The highest BCUT2D eigenvalue weighted by atomic mass is 16.2. The van der Waals surface area contributed by atoms with E-state index in [1.54, 1.807) is 6.07 Å². The molecule has 1 aliphatic carbocycles. The third kappa shape index (κ3) is 3.56. The molecule has 2 amide bonds. The van der Waals surface area contributed by atoms with Gasteiger partial charge in [-0.1, -0.05) is 37.5 Å². The Morgan fingerprint density at radius 3 is 2.42 bits per heavy atom. The van der Waals surface area contributed by atoms with E-state index in [0.29, 0.717) is 5.56 Å². The molecule has 4 heteroatoms.